The summed E-state index contributed by atoms with van der Waals surface area (Å²) in [5.41, 5.74) is 5.48. The minimum atomic E-state index is -0.829. The molecular formula is C13H24N2O3. The molecule has 0 heterocycles. The number of likely N-dealkylation sites (N-methyl/N-ethyl adjacent to an activating group) is 1. The summed E-state index contributed by atoms with van der Waals surface area (Å²) in [5, 5.41) is 8.57. The zero-order valence-corrected chi connectivity index (χ0v) is 11.3. The monoisotopic (exact) mass is 256 g/mol. The van der Waals surface area contributed by atoms with Crippen LogP contribution >= 0.6 is 0 Å². The summed E-state index contributed by atoms with van der Waals surface area (Å²) in [7, 11) is 1.71. The standard InChI is InChI=1S/C13H24N2O3/c1-10-5-3-7-13(14,9-10)12(18)15(2)8-4-6-11(16)17/h10H,3-9,14H2,1-2H3,(H,16,17). The fraction of sp³-hybridized carbons (Fsp3) is 0.846. The van der Waals surface area contributed by atoms with Crippen LogP contribution in [-0.4, -0.2) is 41.0 Å². The number of aliphatic carboxylic acids is 1. The molecule has 5 nitrogen and oxygen atoms in total. The number of amides is 1. The third kappa shape index (κ3) is 3.98. The second kappa shape index (κ2) is 6.18. The number of nitrogens with zero attached hydrogens (tertiary/aromatic N) is 1. The van der Waals surface area contributed by atoms with Gasteiger partial charge in [-0.3, -0.25) is 9.59 Å². The van der Waals surface area contributed by atoms with Crippen molar-refractivity contribution in [3.8, 4) is 0 Å². The van der Waals surface area contributed by atoms with Crippen LogP contribution in [0.5, 0.6) is 0 Å². The lowest BCUT2D eigenvalue weighted by atomic mass is 9.76. The molecule has 5 heteroatoms. The van der Waals surface area contributed by atoms with Crippen molar-refractivity contribution in [3.63, 3.8) is 0 Å². The van der Waals surface area contributed by atoms with E-state index in [4.69, 9.17) is 10.8 Å². The largest absolute Gasteiger partial charge is 0.481 e. The van der Waals surface area contributed by atoms with Crippen molar-refractivity contribution < 1.29 is 14.7 Å². The number of hydrogen-bond acceptors (Lipinski definition) is 3. The molecule has 0 bridgehead atoms. The van der Waals surface area contributed by atoms with Gasteiger partial charge in [0.25, 0.3) is 0 Å². The van der Waals surface area contributed by atoms with Gasteiger partial charge in [-0.2, -0.15) is 0 Å². The molecule has 2 atom stereocenters. The van der Waals surface area contributed by atoms with Gasteiger partial charge in [0, 0.05) is 20.0 Å². The van der Waals surface area contributed by atoms with Crippen molar-refractivity contribution in [3.05, 3.63) is 0 Å². The van der Waals surface area contributed by atoms with Gasteiger partial charge < -0.3 is 15.7 Å². The maximum atomic E-state index is 12.3. The molecule has 104 valence electrons. The fourth-order valence-electron chi connectivity index (χ4n) is 2.74. The molecule has 0 radical (unpaired) electrons. The molecule has 0 aliphatic heterocycles. The predicted octanol–water partition coefficient (Wildman–Crippen LogP) is 1.22. The fourth-order valence-corrected chi connectivity index (χ4v) is 2.74. The number of carboxylic acid groups (broad SMARTS) is 1. The van der Waals surface area contributed by atoms with Crippen LogP contribution in [0.2, 0.25) is 0 Å². The Bertz CT molecular complexity index is 319. The van der Waals surface area contributed by atoms with Crippen molar-refractivity contribution in [1.29, 1.82) is 0 Å². The lowest BCUT2D eigenvalue weighted by molar-refractivity contribution is -0.140. The number of nitrogens with two attached hydrogens (primary N) is 1. The molecule has 0 saturated heterocycles. The third-order valence-electron chi connectivity index (χ3n) is 3.69. The molecule has 2 unspecified atom stereocenters. The number of carboxylic acids is 1. The third-order valence-corrected chi connectivity index (χ3v) is 3.69. The Labute approximate surface area is 108 Å². The number of carbonyl (C=O) groups is 2. The lowest BCUT2D eigenvalue weighted by Gasteiger charge is -2.38. The molecule has 0 aromatic rings. The first kappa shape index (κ1) is 15.0. The van der Waals surface area contributed by atoms with Crippen LogP contribution in [0.1, 0.15) is 45.4 Å². The van der Waals surface area contributed by atoms with E-state index in [1.807, 2.05) is 0 Å². The van der Waals surface area contributed by atoms with E-state index < -0.39 is 11.5 Å². The highest BCUT2D eigenvalue weighted by Gasteiger charge is 2.39. The van der Waals surface area contributed by atoms with Crippen LogP contribution in [0.25, 0.3) is 0 Å². The van der Waals surface area contributed by atoms with Gasteiger partial charge in [0.15, 0.2) is 0 Å². The average Bonchev–Trinajstić information content (AvgIpc) is 2.27. The normalized spacial score (nSPS) is 27.8. The van der Waals surface area contributed by atoms with Crippen LogP contribution in [0, 0.1) is 5.92 Å². The second-order valence-corrected chi connectivity index (χ2v) is 5.58. The van der Waals surface area contributed by atoms with Crippen LogP contribution in [0.4, 0.5) is 0 Å². The summed E-state index contributed by atoms with van der Waals surface area (Å²) in [4.78, 5) is 24.3. The highest BCUT2D eigenvalue weighted by molar-refractivity contribution is 5.86. The summed E-state index contributed by atoms with van der Waals surface area (Å²) in [6.45, 7) is 2.58. The van der Waals surface area contributed by atoms with Crippen molar-refractivity contribution in [1.82, 2.24) is 4.90 Å². The van der Waals surface area contributed by atoms with Gasteiger partial charge in [0.05, 0.1) is 5.54 Å². The van der Waals surface area contributed by atoms with E-state index in [9.17, 15) is 9.59 Å². The average molecular weight is 256 g/mol. The molecule has 0 aromatic carbocycles. The number of carbonyl (C=O) groups excluding carboxylic acids is 1. The van der Waals surface area contributed by atoms with Gasteiger partial charge in [-0.05, 0) is 25.2 Å². The Kier molecular flexibility index (Phi) is 5.14. The second-order valence-electron chi connectivity index (χ2n) is 5.58. The minimum Gasteiger partial charge on any atom is -0.481 e. The van der Waals surface area contributed by atoms with Gasteiger partial charge in [-0.15, -0.1) is 0 Å². The molecule has 0 aromatic heterocycles. The maximum Gasteiger partial charge on any atom is 0.303 e. The highest BCUT2D eigenvalue weighted by atomic mass is 16.4. The molecule has 1 amide bonds. The zero-order valence-electron chi connectivity index (χ0n) is 11.3. The lowest BCUT2D eigenvalue weighted by Crippen LogP contribution is -2.56. The van der Waals surface area contributed by atoms with Crippen molar-refractivity contribution >= 4 is 11.9 Å². The zero-order chi connectivity index (χ0) is 13.8. The topological polar surface area (TPSA) is 83.6 Å². The molecule has 1 aliphatic carbocycles. The molecule has 1 aliphatic rings. The molecule has 1 rings (SSSR count). The predicted molar refractivity (Wildman–Crippen MR) is 69.1 cm³/mol. The van der Waals surface area contributed by atoms with Gasteiger partial charge in [-0.1, -0.05) is 19.8 Å². The molecule has 1 saturated carbocycles. The van der Waals surface area contributed by atoms with Crippen LogP contribution in [-0.2, 0) is 9.59 Å². The van der Waals surface area contributed by atoms with Gasteiger partial charge >= 0.3 is 5.97 Å². The number of rotatable bonds is 5. The molecule has 1 fully saturated rings. The van der Waals surface area contributed by atoms with E-state index in [0.717, 1.165) is 25.7 Å². The van der Waals surface area contributed by atoms with Crippen molar-refractivity contribution in [2.75, 3.05) is 13.6 Å². The van der Waals surface area contributed by atoms with E-state index in [0.29, 0.717) is 18.9 Å². The summed E-state index contributed by atoms with van der Waals surface area (Å²) in [6, 6.07) is 0. The van der Waals surface area contributed by atoms with E-state index in [2.05, 4.69) is 6.92 Å². The van der Waals surface area contributed by atoms with Gasteiger partial charge in [0.1, 0.15) is 0 Å². The SMILES string of the molecule is CC1CCCC(N)(C(=O)N(C)CCCC(=O)O)C1. The minimum absolute atomic E-state index is 0.0422. The Morgan fingerprint density at radius 1 is 1.50 bits per heavy atom. The molecule has 0 spiro atoms. The van der Waals surface area contributed by atoms with Crippen molar-refractivity contribution in [2.45, 2.75) is 51.0 Å². The van der Waals surface area contributed by atoms with Crippen LogP contribution in [0.3, 0.4) is 0 Å². The Morgan fingerprint density at radius 3 is 2.72 bits per heavy atom. The maximum absolute atomic E-state index is 12.3. The Morgan fingerprint density at radius 2 is 2.17 bits per heavy atom. The smallest absolute Gasteiger partial charge is 0.303 e. The molecule has 3 N–H and O–H groups in total. The van der Waals surface area contributed by atoms with Crippen LogP contribution < -0.4 is 5.73 Å². The number of hydrogen-bond donors (Lipinski definition) is 2. The van der Waals surface area contributed by atoms with E-state index in [1.165, 1.54) is 0 Å². The first-order chi connectivity index (χ1) is 8.35. The van der Waals surface area contributed by atoms with Gasteiger partial charge in [-0.25, -0.2) is 0 Å². The highest BCUT2D eigenvalue weighted by Crippen LogP contribution is 2.31. The Balaban J connectivity index is 2.48. The molecular weight excluding hydrogens is 232 g/mol. The van der Waals surface area contributed by atoms with Crippen LogP contribution in [0.15, 0.2) is 0 Å². The van der Waals surface area contributed by atoms with E-state index >= 15 is 0 Å². The first-order valence-corrected chi connectivity index (χ1v) is 6.61. The first-order valence-electron chi connectivity index (χ1n) is 6.61. The van der Waals surface area contributed by atoms with Crippen molar-refractivity contribution in [2.24, 2.45) is 11.7 Å². The summed E-state index contributed by atoms with van der Waals surface area (Å²) < 4.78 is 0. The summed E-state index contributed by atoms with van der Waals surface area (Å²) >= 11 is 0. The van der Waals surface area contributed by atoms with E-state index in [-0.39, 0.29) is 12.3 Å². The van der Waals surface area contributed by atoms with Gasteiger partial charge in [0.2, 0.25) is 5.91 Å². The van der Waals surface area contributed by atoms with E-state index in [1.54, 1.807) is 11.9 Å². The quantitative estimate of drug-likeness (QED) is 0.774. The molecule has 18 heavy (non-hydrogen) atoms. The summed E-state index contributed by atoms with van der Waals surface area (Å²) in [5.74, 6) is -0.385. The summed E-state index contributed by atoms with van der Waals surface area (Å²) in [6.07, 6.45) is 4.16. The Hall–Kier alpha value is -1.10.